The van der Waals surface area contributed by atoms with Crippen LogP contribution in [0.3, 0.4) is 0 Å². The molecule has 1 saturated heterocycles. The first-order chi connectivity index (χ1) is 8.75. The van der Waals surface area contributed by atoms with Crippen LogP contribution in [-0.4, -0.2) is 17.7 Å². The average Bonchev–Trinajstić information content (AvgIpc) is 2.65. The lowest BCUT2D eigenvalue weighted by Gasteiger charge is -2.18. The highest BCUT2D eigenvalue weighted by molar-refractivity contribution is 5.28. The summed E-state index contributed by atoms with van der Waals surface area (Å²) in [5, 5.41) is 10.5. The second-order valence-corrected chi connectivity index (χ2v) is 4.82. The highest BCUT2D eigenvalue weighted by atomic mass is 19.4. The van der Waals surface area contributed by atoms with E-state index in [9.17, 15) is 13.2 Å². The number of halogens is 3. The van der Waals surface area contributed by atoms with Gasteiger partial charge in [0.1, 0.15) is 0 Å². The lowest BCUT2D eigenvalue weighted by atomic mass is 9.94. The summed E-state index contributed by atoms with van der Waals surface area (Å²) in [5.41, 5.74) is -0.905. The quantitative estimate of drug-likeness (QED) is 0.785. The van der Waals surface area contributed by atoms with Gasteiger partial charge in [0.15, 0.2) is 5.60 Å². The van der Waals surface area contributed by atoms with Crippen LogP contribution in [0.2, 0.25) is 0 Å². The zero-order chi connectivity index (χ0) is 14.3. The maximum absolute atomic E-state index is 12.5. The summed E-state index contributed by atoms with van der Waals surface area (Å²) < 4.78 is 37.4. The fraction of sp³-hybridized carbons (Fsp3) is 0.462. The Kier molecular flexibility index (Phi) is 3.29. The molecule has 102 valence electrons. The number of benzene rings is 1. The number of nitrogens with zero attached hydrogens (tertiary/aromatic N) is 2. The maximum Gasteiger partial charge on any atom is 0.416 e. The van der Waals surface area contributed by atoms with E-state index < -0.39 is 17.3 Å². The molecule has 0 aromatic heterocycles. The number of hydrogen-bond acceptors (Lipinski definition) is 3. The van der Waals surface area contributed by atoms with Gasteiger partial charge < -0.3 is 0 Å². The minimum Gasteiger partial charge on any atom is -0.277 e. The third-order valence-electron chi connectivity index (χ3n) is 3.23. The number of hydrogen-bond donors (Lipinski definition) is 0. The molecule has 3 nitrogen and oxygen atoms in total. The van der Waals surface area contributed by atoms with Crippen LogP contribution in [0, 0.1) is 11.3 Å². The Morgan fingerprint density at radius 1 is 1.37 bits per heavy atom. The molecule has 6 heteroatoms. The molecule has 0 spiro atoms. The molecule has 2 rings (SSSR count). The Hall–Kier alpha value is -1.58. The van der Waals surface area contributed by atoms with Crippen LogP contribution in [0.4, 0.5) is 13.2 Å². The van der Waals surface area contributed by atoms with Crippen molar-refractivity contribution in [1.82, 2.24) is 5.06 Å². The van der Waals surface area contributed by atoms with Crippen LogP contribution in [0.15, 0.2) is 24.3 Å². The molecule has 0 aliphatic carbocycles. The summed E-state index contributed by atoms with van der Waals surface area (Å²) in [6.07, 6.45) is -3.91. The molecule has 1 aromatic carbocycles. The number of alkyl halides is 3. The number of hydroxylamine groups is 2. The largest absolute Gasteiger partial charge is 0.416 e. The molecular weight excluding hydrogens is 257 g/mol. The molecule has 1 aliphatic heterocycles. The van der Waals surface area contributed by atoms with E-state index in [-0.39, 0.29) is 6.04 Å². The Morgan fingerprint density at radius 3 is 2.37 bits per heavy atom. The minimum atomic E-state index is -4.34. The predicted octanol–water partition coefficient (Wildman–Crippen LogP) is 3.30. The summed E-state index contributed by atoms with van der Waals surface area (Å²) in [4.78, 5) is 5.41. The van der Waals surface area contributed by atoms with Crippen molar-refractivity contribution < 1.29 is 18.0 Å². The molecule has 0 bridgehead atoms. The van der Waals surface area contributed by atoms with Gasteiger partial charge in [0.25, 0.3) is 0 Å². The van der Waals surface area contributed by atoms with Gasteiger partial charge >= 0.3 is 6.18 Å². The smallest absolute Gasteiger partial charge is 0.277 e. The first kappa shape index (κ1) is 13.8. The molecule has 2 atom stereocenters. The van der Waals surface area contributed by atoms with Crippen molar-refractivity contribution >= 4 is 0 Å². The first-order valence-electron chi connectivity index (χ1n) is 5.75. The molecule has 0 saturated carbocycles. The monoisotopic (exact) mass is 270 g/mol. The van der Waals surface area contributed by atoms with Gasteiger partial charge in [0.05, 0.1) is 17.7 Å². The molecule has 0 radical (unpaired) electrons. The van der Waals surface area contributed by atoms with Gasteiger partial charge in [-0.25, -0.2) is 0 Å². The van der Waals surface area contributed by atoms with Crippen molar-refractivity contribution in [2.24, 2.45) is 0 Å². The third-order valence-corrected chi connectivity index (χ3v) is 3.23. The van der Waals surface area contributed by atoms with Crippen LogP contribution in [0.5, 0.6) is 0 Å². The Morgan fingerprint density at radius 2 is 1.95 bits per heavy atom. The van der Waals surface area contributed by atoms with Gasteiger partial charge in [0.2, 0.25) is 0 Å². The fourth-order valence-corrected chi connectivity index (χ4v) is 2.20. The fourth-order valence-electron chi connectivity index (χ4n) is 2.20. The molecule has 1 heterocycles. The van der Waals surface area contributed by atoms with Crippen molar-refractivity contribution in [2.45, 2.75) is 31.2 Å². The molecule has 0 unspecified atom stereocenters. The standard InChI is InChI=1S/C13H13F3N2O/c1-12(8-17)7-11(18(2)19-12)9-3-5-10(6-4-9)13(14,15)16/h3-6,11H,7H2,1-2H3/t11-,12+/m1/s1. The lowest BCUT2D eigenvalue weighted by molar-refractivity contribution is -0.163. The van der Waals surface area contributed by atoms with E-state index in [2.05, 4.69) is 6.07 Å². The highest BCUT2D eigenvalue weighted by Gasteiger charge is 2.41. The van der Waals surface area contributed by atoms with E-state index in [1.807, 2.05) is 0 Å². The zero-order valence-corrected chi connectivity index (χ0v) is 10.5. The van der Waals surface area contributed by atoms with E-state index >= 15 is 0 Å². The summed E-state index contributed by atoms with van der Waals surface area (Å²) in [7, 11) is 1.67. The lowest BCUT2D eigenvalue weighted by Crippen LogP contribution is -2.23. The van der Waals surface area contributed by atoms with E-state index in [4.69, 9.17) is 10.1 Å². The maximum atomic E-state index is 12.5. The van der Waals surface area contributed by atoms with E-state index in [1.54, 1.807) is 14.0 Å². The third kappa shape index (κ3) is 2.72. The summed E-state index contributed by atoms with van der Waals surface area (Å²) in [6, 6.07) is 6.79. The van der Waals surface area contributed by atoms with Gasteiger partial charge in [-0.2, -0.15) is 23.5 Å². The van der Waals surface area contributed by atoms with Crippen molar-refractivity contribution in [3.05, 3.63) is 35.4 Å². The van der Waals surface area contributed by atoms with E-state index in [0.29, 0.717) is 12.0 Å². The first-order valence-corrected chi connectivity index (χ1v) is 5.75. The van der Waals surface area contributed by atoms with Crippen LogP contribution in [-0.2, 0) is 11.0 Å². The summed E-state index contributed by atoms with van der Waals surface area (Å²) in [5.74, 6) is 0. The average molecular weight is 270 g/mol. The number of rotatable bonds is 1. The highest BCUT2D eigenvalue weighted by Crippen LogP contribution is 2.39. The molecule has 1 aromatic rings. The molecule has 0 N–H and O–H groups in total. The molecule has 1 aliphatic rings. The normalized spacial score (nSPS) is 28.3. The van der Waals surface area contributed by atoms with Gasteiger partial charge in [-0.3, -0.25) is 4.84 Å². The Labute approximate surface area is 109 Å². The van der Waals surface area contributed by atoms with Gasteiger partial charge in [-0.15, -0.1) is 0 Å². The van der Waals surface area contributed by atoms with Gasteiger partial charge in [-0.05, 0) is 24.6 Å². The summed E-state index contributed by atoms with van der Waals surface area (Å²) in [6.45, 7) is 1.66. The van der Waals surface area contributed by atoms with E-state index in [0.717, 1.165) is 12.1 Å². The molecule has 0 amide bonds. The summed E-state index contributed by atoms with van der Waals surface area (Å²) >= 11 is 0. The SMILES string of the molecule is CN1O[C@](C)(C#N)C[C@@H]1c1ccc(C(F)(F)F)cc1. The zero-order valence-electron chi connectivity index (χ0n) is 10.5. The van der Waals surface area contributed by atoms with Gasteiger partial charge in [-0.1, -0.05) is 12.1 Å². The van der Waals surface area contributed by atoms with Crippen LogP contribution in [0.25, 0.3) is 0 Å². The topological polar surface area (TPSA) is 36.3 Å². The molecule has 1 fully saturated rings. The second kappa shape index (κ2) is 4.51. The van der Waals surface area contributed by atoms with Crippen molar-refractivity contribution in [3.8, 4) is 6.07 Å². The minimum absolute atomic E-state index is 0.216. The molecular formula is C13H13F3N2O. The van der Waals surface area contributed by atoms with E-state index in [1.165, 1.54) is 17.2 Å². The Bertz CT molecular complexity index is 506. The second-order valence-electron chi connectivity index (χ2n) is 4.82. The van der Waals surface area contributed by atoms with Crippen molar-refractivity contribution in [1.29, 1.82) is 5.26 Å². The molecule has 19 heavy (non-hydrogen) atoms. The van der Waals surface area contributed by atoms with Crippen LogP contribution in [0.1, 0.15) is 30.5 Å². The van der Waals surface area contributed by atoms with Crippen LogP contribution < -0.4 is 0 Å². The Balaban J connectivity index is 2.23. The van der Waals surface area contributed by atoms with Crippen molar-refractivity contribution in [3.63, 3.8) is 0 Å². The predicted molar refractivity (Wildman–Crippen MR) is 61.7 cm³/mol. The van der Waals surface area contributed by atoms with Crippen LogP contribution >= 0.6 is 0 Å². The number of nitriles is 1. The van der Waals surface area contributed by atoms with Crippen molar-refractivity contribution in [2.75, 3.05) is 7.05 Å². The van der Waals surface area contributed by atoms with Gasteiger partial charge in [0, 0.05) is 13.5 Å².